The molecular weight excluding hydrogens is 319 g/mol. The molecule has 8 heteroatoms. The minimum absolute atomic E-state index is 0.234. The van der Waals surface area contributed by atoms with Gasteiger partial charge in [0.05, 0.1) is 0 Å². The van der Waals surface area contributed by atoms with E-state index in [2.05, 4.69) is 10.6 Å². The van der Waals surface area contributed by atoms with Gasteiger partial charge in [0, 0.05) is 18.7 Å². The van der Waals surface area contributed by atoms with Crippen LogP contribution in [-0.2, 0) is 14.3 Å². The molecule has 7 nitrogen and oxygen atoms in total. The minimum Gasteiger partial charge on any atom is -0.479 e. The summed E-state index contributed by atoms with van der Waals surface area (Å²) in [6, 6.07) is 5.37. The monoisotopic (exact) mass is 338 g/mol. The number of carbonyl (C=O) groups is 3. The van der Waals surface area contributed by atoms with E-state index in [1.165, 1.54) is 18.2 Å². The lowest BCUT2D eigenvalue weighted by Gasteiger charge is -2.12. The van der Waals surface area contributed by atoms with Crippen molar-refractivity contribution in [2.75, 3.05) is 13.1 Å². The molecule has 0 unspecified atom stereocenters. The van der Waals surface area contributed by atoms with Gasteiger partial charge in [0.2, 0.25) is 5.91 Å². The van der Waals surface area contributed by atoms with E-state index in [9.17, 15) is 18.8 Å². The smallest absolute Gasteiger partial charge is 0.332 e. The molecular formula is C16H19FN2O5. The number of hydrogen-bond donors (Lipinski definition) is 3. The van der Waals surface area contributed by atoms with Gasteiger partial charge in [-0.05, 0) is 37.5 Å². The summed E-state index contributed by atoms with van der Waals surface area (Å²) in [5, 5.41) is 14.1. The molecule has 0 spiro atoms. The maximum absolute atomic E-state index is 13.0. The highest BCUT2D eigenvalue weighted by molar-refractivity contribution is 5.94. The highest BCUT2D eigenvalue weighted by atomic mass is 19.1. The van der Waals surface area contributed by atoms with Crippen LogP contribution in [0.25, 0.3) is 0 Å². The number of hydrogen-bond acceptors (Lipinski definition) is 4. The van der Waals surface area contributed by atoms with Crippen LogP contribution in [0, 0.1) is 5.82 Å². The first kappa shape index (κ1) is 17.9. The lowest BCUT2D eigenvalue weighted by atomic mass is 10.2. The summed E-state index contributed by atoms with van der Waals surface area (Å²) < 4.78 is 18.1. The van der Waals surface area contributed by atoms with E-state index in [0.29, 0.717) is 32.4 Å². The number of carboxylic acids is 1. The molecule has 0 saturated carbocycles. The second-order valence-corrected chi connectivity index (χ2v) is 5.44. The predicted octanol–water partition coefficient (Wildman–Crippen LogP) is 0.694. The Morgan fingerprint density at radius 1 is 1.17 bits per heavy atom. The number of halogens is 1. The standard InChI is InChI=1S/C16H19FN2O5/c17-11-4-1-3-10(9-11)14(20)18-7-2-8-19-15(21)12-5-6-13(24-12)16(22)23/h1,3-4,9,12-13H,2,5-8H2,(H,18,20)(H,19,21)(H,22,23)/t12-,13+/m0/s1. The molecule has 2 atom stereocenters. The fourth-order valence-electron chi connectivity index (χ4n) is 2.36. The Labute approximate surface area is 138 Å². The van der Waals surface area contributed by atoms with Crippen LogP contribution in [0.5, 0.6) is 0 Å². The molecule has 0 bridgehead atoms. The van der Waals surface area contributed by atoms with Gasteiger partial charge in [-0.25, -0.2) is 9.18 Å². The maximum Gasteiger partial charge on any atom is 0.332 e. The molecule has 1 fully saturated rings. The normalized spacial score (nSPS) is 19.7. The molecule has 130 valence electrons. The number of aliphatic carboxylic acids is 1. The third kappa shape index (κ3) is 5.02. The molecule has 2 amide bonds. The van der Waals surface area contributed by atoms with Gasteiger partial charge in [0.25, 0.3) is 5.91 Å². The number of carbonyl (C=O) groups excluding carboxylic acids is 2. The fourth-order valence-corrected chi connectivity index (χ4v) is 2.36. The van der Waals surface area contributed by atoms with Gasteiger partial charge in [-0.15, -0.1) is 0 Å². The molecule has 1 aromatic carbocycles. The molecule has 1 aliphatic rings. The highest BCUT2D eigenvalue weighted by Gasteiger charge is 2.34. The first-order valence-electron chi connectivity index (χ1n) is 7.67. The second kappa shape index (κ2) is 8.39. The number of nitrogens with one attached hydrogen (secondary N) is 2. The van der Waals surface area contributed by atoms with E-state index in [1.807, 2.05) is 0 Å². The quantitative estimate of drug-likeness (QED) is 0.635. The van der Waals surface area contributed by atoms with Gasteiger partial charge in [-0.3, -0.25) is 9.59 Å². The molecule has 1 aromatic rings. The number of benzene rings is 1. The van der Waals surface area contributed by atoms with Crippen molar-refractivity contribution in [3.63, 3.8) is 0 Å². The summed E-state index contributed by atoms with van der Waals surface area (Å²) in [6.07, 6.45) is -0.489. The van der Waals surface area contributed by atoms with Gasteiger partial charge >= 0.3 is 5.97 Å². The molecule has 3 N–H and O–H groups in total. The Balaban J connectivity index is 1.62. The van der Waals surface area contributed by atoms with E-state index < -0.39 is 24.0 Å². The third-order valence-corrected chi connectivity index (χ3v) is 3.61. The van der Waals surface area contributed by atoms with E-state index in [4.69, 9.17) is 9.84 Å². The van der Waals surface area contributed by atoms with Crippen molar-refractivity contribution < 1.29 is 28.6 Å². The highest BCUT2D eigenvalue weighted by Crippen LogP contribution is 2.19. The van der Waals surface area contributed by atoms with Crippen LogP contribution in [-0.4, -0.2) is 48.2 Å². The number of ether oxygens (including phenoxy) is 1. The van der Waals surface area contributed by atoms with E-state index >= 15 is 0 Å². The van der Waals surface area contributed by atoms with Crippen molar-refractivity contribution in [3.8, 4) is 0 Å². The Morgan fingerprint density at radius 2 is 1.88 bits per heavy atom. The van der Waals surface area contributed by atoms with Crippen molar-refractivity contribution in [2.45, 2.75) is 31.5 Å². The average Bonchev–Trinajstić information content (AvgIpc) is 3.04. The van der Waals surface area contributed by atoms with Crippen LogP contribution in [0.1, 0.15) is 29.6 Å². The molecule has 24 heavy (non-hydrogen) atoms. The first-order chi connectivity index (χ1) is 11.5. The molecule has 1 saturated heterocycles. The largest absolute Gasteiger partial charge is 0.479 e. The SMILES string of the molecule is O=C(NCCCNC(=O)[C@@H]1CC[C@H](C(=O)O)O1)c1cccc(F)c1. The van der Waals surface area contributed by atoms with Crippen molar-refractivity contribution in [1.82, 2.24) is 10.6 Å². The van der Waals surface area contributed by atoms with Crippen molar-refractivity contribution in [1.29, 1.82) is 0 Å². The number of carboxylic acid groups (broad SMARTS) is 1. The summed E-state index contributed by atoms with van der Waals surface area (Å²) in [6.45, 7) is 0.638. The number of rotatable bonds is 7. The van der Waals surface area contributed by atoms with E-state index in [1.54, 1.807) is 0 Å². The summed E-state index contributed by atoms with van der Waals surface area (Å²) in [5.41, 5.74) is 0.234. The van der Waals surface area contributed by atoms with Gasteiger partial charge in [-0.2, -0.15) is 0 Å². The van der Waals surface area contributed by atoms with Gasteiger partial charge in [-0.1, -0.05) is 6.07 Å². The Bertz CT molecular complexity index is 622. The van der Waals surface area contributed by atoms with Crippen LogP contribution >= 0.6 is 0 Å². The maximum atomic E-state index is 13.0. The van der Waals surface area contributed by atoms with Crippen LogP contribution in [0.3, 0.4) is 0 Å². The molecule has 0 aromatic heterocycles. The molecule has 0 aliphatic carbocycles. The first-order valence-corrected chi connectivity index (χ1v) is 7.67. The van der Waals surface area contributed by atoms with Crippen LogP contribution in [0.4, 0.5) is 4.39 Å². The van der Waals surface area contributed by atoms with E-state index in [-0.39, 0.29) is 17.4 Å². The molecule has 1 aliphatic heterocycles. The van der Waals surface area contributed by atoms with Crippen LogP contribution < -0.4 is 10.6 Å². The second-order valence-electron chi connectivity index (χ2n) is 5.44. The minimum atomic E-state index is -1.06. The van der Waals surface area contributed by atoms with Gasteiger partial charge in [0.15, 0.2) is 6.10 Å². The van der Waals surface area contributed by atoms with Crippen molar-refractivity contribution in [2.24, 2.45) is 0 Å². The zero-order valence-corrected chi connectivity index (χ0v) is 13.0. The molecule has 1 heterocycles. The van der Waals surface area contributed by atoms with Crippen LogP contribution in [0.2, 0.25) is 0 Å². The summed E-state index contributed by atoms with van der Waals surface area (Å²) in [4.78, 5) is 34.3. The van der Waals surface area contributed by atoms with E-state index in [0.717, 1.165) is 6.07 Å². The zero-order chi connectivity index (χ0) is 17.5. The predicted molar refractivity (Wildman–Crippen MR) is 81.9 cm³/mol. The summed E-state index contributed by atoms with van der Waals surface area (Å²) in [7, 11) is 0. The molecule has 2 rings (SSSR count). The summed E-state index contributed by atoms with van der Waals surface area (Å²) >= 11 is 0. The van der Waals surface area contributed by atoms with Gasteiger partial charge < -0.3 is 20.5 Å². The Morgan fingerprint density at radius 3 is 2.54 bits per heavy atom. The van der Waals surface area contributed by atoms with Gasteiger partial charge in [0.1, 0.15) is 11.9 Å². The lowest BCUT2D eigenvalue weighted by Crippen LogP contribution is -2.37. The molecule has 0 radical (unpaired) electrons. The third-order valence-electron chi connectivity index (χ3n) is 3.61. The fraction of sp³-hybridized carbons (Fsp3) is 0.438. The zero-order valence-electron chi connectivity index (χ0n) is 13.0. The van der Waals surface area contributed by atoms with Crippen LogP contribution in [0.15, 0.2) is 24.3 Å². The lowest BCUT2D eigenvalue weighted by molar-refractivity contribution is -0.151. The van der Waals surface area contributed by atoms with Crippen molar-refractivity contribution >= 4 is 17.8 Å². The number of amides is 2. The summed E-state index contributed by atoms with van der Waals surface area (Å²) in [5.74, 6) is -2.28. The topological polar surface area (TPSA) is 105 Å². The Hall–Kier alpha value is -2.48. The Kier molecular flexibility index (Phi) is 6.25. The van der Waals surface area contributed by atoms with Crippen molar-refractivity contribution in [3.05, 3.63) is 35.6 Å². The average molecular weight is 338 g/mol.